The summed E-state index contributed by atoms with van der Waals surface area (Å²) in [6, 6.07) is 17.6. The third kappa shape index (κ3) is 7.98. The zero-order valence-corrected chi connectivity index (χ0v) is 22.8. The van der Waals surface area contributed by atoms with E-state index in [0.29, 0.717) is 23.4 Å². The van der Waals surface area contributed by atoms with Crippen LogP contribution in [-0.4, -0.2) is 48.2 Å². The highest BCUT2D eigenvalue weighted by Crippen LogP contribution is 2.23. The van der Waals surface area contributed by atoms with Gasteiger partial charge in [0.15, 0.2) is 9.84 Å². The molecule has 198 valence electrons. The molecule has 0 saturated heterocycles. The van der Waals surface area contributed by atoms with E-state index in [-0.39, 0.29) is 24.0 Å². The van der Waals surface area contributed by atoms with E-state index in [4.69, 9.17) is 5.11 Å². The minimum atomic E-state index is -3.41. The molecule has 8 nitrogen and oxygen atoms in total. The molecule has 1 amide bonds. The lowest BCUT2D eigenvalue weighted by Gasteiger charge is -2.13. The molecule has 0 fully saturated rings. The Balaban J connectivity index is 0.00000115. The van der Waals surface area contributed by atoms with Gasteiger partial charge in [-0.3, -0.25) is 4.79 Å². The molecule has 0 aliphatic heterocycles. The van der Waals surface area contributed by atoms with Crippen molar-refractivity contribution < 1.29 is 18.3 Å². The number of anilines is 1. The molecule has 0 radical (unpaired) electrons. The van der Waals surface area contributed by atoms with Crippen molar-refractivity contribution in [1.82, 2.24) is 14.7 Å². The van der Waals surface area contributed by atoms with E-state index < -0.39 is 9.84 Å². The summed E-state index contributed by atoms with van der Waals surface area (Å²) in [4.78, 5) is 17.7. The number of rotatable bonds is 8. The number of aliphatic hydroxyl groups excluding tert-OH is 1. The van der Waals surface area contributed by atoms with E-state index in [1.165, 1.54) is 18.2 Å². The first-order valence-electron chi connectivity index (χ1n) is 12.4. The lowest BCUT2D eigenvalue weighted by Crippen LogP contribution is -2.21. The summed E-state index contributed by atoms with van der Waals surface area (Å²) in [6.07, 6.45) is 5.00. The molecule has 0 spiro atoms. The number of aliphatic hydroxyl groups is 1. The number of hydrogen-bond donors (Lipinski definition) is 3. The summed E-state index contributed by atoms with van der Waals surface area (Å²) in [5.41, 5.74) is 4.09. The fourth-order valence-corrected chi connectivity index (χ4v) is 4.14. The summed E-state index contributed by atoms with van der Waals surface area (Å²) < 4.78 is 25.8. The maximum Gasteiger partial charge on any atom is 0.255 e. The Kier molecular flexibility index (Phi) is 11.5. The third-order valence-electron chi connectivity index (χ3n) is 5.16. The van der Waals surface area contributed by atoms with Crippen molar-refractivity contribution in [3.63, 3.8) is 0 Å². The molecule has 0 saturated carbocycles. The number of imidazole rings is 1. The normalized spacial score (nSPS) is 10.6. The van der Waals surface area contributed by atoms with Crippen LogP contribution in [0, 0.1) is 0 Å². The average molecular weight is 525 g/mol. The van der Waals surface area contributed by atoms with Gasteiger partial charge in [0.1, 0.15) is 5.65 Å². The van der Waals surface area contributed by atoms with Gasteiger partial charge in [0.25, 0.3) is 5.91 Å². The zero-order chi connectivity index (χ0) is 27.4. The topological polar surface area (TPSA) is 113 Å². The van der Waals surface area contributed by atoms with E-state index in [1.807, 2.05) is 74.8 Å². The molecule has 2 heterocycles. The van der Waals surface area contributed by atoms with Gasteiger partial charge in [0.05, 0.1) is 17.2 Å². The highest BCUT2D eigenvalue weighted by Gasteiger charge is 2.16. The van der Waals surface area contributed by atoms with Crippen molar-refractivity contribution in [3.8, 4) is 11.3 Å². The number of hydrogen-bond acceptors (Lipinski definition) is 6. The molecule has 37 heavy (non-hydrogen) atoms. The van der Waals surface area contributed by atoms with Crippen LogP contribution >= 0.6 is 0 Å². The zero-order valence-electron chi connectivity index (χ0n) is 22.0. The van der Waals surface area contributed by atoms with Gasteiger partial charge in [-0.05, 0) is 48.0 Å². The highest BCUT2D eigenvalue weighted by molar-refractivity contribution is 7.90. The van der Waals surface area contributed by atoms with Crippen LogP contribution in [0.15, 0.2) is 78.0 Å². The summed E-state index contributed by atoms with van der Waals surface area (Å²) in [6.45, 7) is 8.51. The average Bonchev–Trinajstić information content (AvgIpc) is 3.35. The second-order valence-electron chi connectivity index (χ2n) is 7.62. The van der Waals surface area contributed by atoms with Crippen molar-refractivity contribution in [2.45, 2.75) is 39.1 Å². The Morgan fingerprint density at radius 3 is 2.32 bits per heavy atom. The molecule has 2 aromatic heterocycles. The predicted octanol–water partition coefficient (Wildman–Crippen LogP) is 4.79. The van der Waals surface area contributed by atoms with Crippen LogP contribution in [0.1, 0.15) is 43.6 Å². The molecule has 2 aromatic carbocycles. The van der Waals surface area contributed by atoms with Gasteiger partial charge in [-0.25, -0.2) is 13.4 Å². The van der Waals surface area contributed by atoms with Gasteiger partial charge in [-0.2, -0.15) is 0 Å². The maximum atomic E-state index is 12.9. The van der Waals surface area contributed by atoms with Crippen LogP contribution in [0.3, 0.4) is 0 Å². The monoisotopic (exact) mass is 524 g/mol. The lowest BCUT2D eigenvalue weighted by atomic mass is 10.1. The summed E-state index contributed by atoms with van der Waals surface area (Å²) in [5, 5.41) is 14.9. The fraction of sp³-hybridized carbons (Fsp3) is 0.286. The second-order valence-corrected chi connectivity index (χ2v) is 9.63. The molecule has 0 unspecified atom stereocenters. The summed E-state index contributed by atoms with van der Waals surface area (Å²) >= 11 is 0. The summed E-state index contributed by atoms with van der Waals surface area (Å²) in [5.74, 6) is -0.351. The first kappa shape index (κ1) is 29.7. The van der Waals surface area contributed by atoms with Gasteiger partial charge >= 0.3 is 0 Å². The first-order valence-corrected chi connectivity index (χ1v) is 14.2. The SMILES string of the molecule is CC.CC.CS(=O)(=O)c1ccc(C(=O)Nc2ccc(-c3cn4ccccc4n3)cc2)c(CNCCO)c1. The van der Waals surface area contributed by atoms with E-state index in [2.05, 4.69) is 15.6 Å². The summed E-state index contributed by atoms with van der Waals surface area (Å²) in [7, 11) is -3.41. The molecule has 4 aromatic rings. The van der Waals surface area contributed by atoms with Crippen LogP contribution in [0.2, 0.25) is 0 Å². The van der Waals surface area contributed by atoms with Crippen molar-refractivity contribution in [3.05, 3.63) is 84.2 Å². The van der Waals surface area contributed by atoms with Gasteiger partial charge in [0.2, 0.25) is 0 Å². The van der Waals surface area contributed by atoms with E-state index >= 15 is 0 Å². The first-order chi connectivity index (χ1) is 17.8. The van der Waals surface area contributed by atoms with E-state index in [1.54, 1.807) is 12.1 Å². The van der Waals surface area contributed by atoms with E-state index in [9.17, 15) is 13.2 Å². The number of carbonyl (C=O) groups is 1. The smallest absolute Gasteiger partial charge is 0.255 e. The quantitative estimate of drug-likeness (QED) is 0.286. The van der Waals surface area contributed by atoms with Crippen molar-refractivity contribution in [2.24, 2.45) is 0 Å². The van der Waals surface area contributed by atoms with Gasteiger partial charge in [-0.15, -0.1) is 0 Å². The number of aromatic nitrogens is 2. The number of pyridine rings is 1. The molecule has 0 aliphatic rings. The van der Waals surface area contributed by atoms with Crippen LogP contribution < -0.4 is 10.6 Å². The van der Waals surface area contributed by atoms with Crippen molar-refractivity contribution in [2.75, 3.05) is 24.7 Å². The largest absolute Gasteiger partial charge is 0.395 e. The standard InChI is InChI=1S/C24H24N4O4S.2C2H6/c1-33(31,32)20-9-10-21(18(14-20)15-25-11-13-29)24(30)26-19-7-5-17(6-8-19)22-16-28-12-3-2-4-23(28)27-22;2*1-2/h2-10,12,14,16,25,29H,11,13,15H2,1H3,(H,26,30);2*1-2H3. The minimum Gasteiger partial charge on any atom is -0.395 e. The molecular weight excluding hydrogens is 488 g/mol. The Morgan fingerprint density at radius 2 is 1.70 bits per heavy atom. The van der Waals surface area contributed by atoms with Crippen LogP contribution in [0.25, 0.3) is 16.9 Å². The Morgan fingerprint density at radius 1 is 1.00 bits per heavy atom. The molecular formula is C28H36N4O4S. The second kappa shape index (κ2) is 14.3. The molecule has 0 atom stereocenters. The number of amides is 1. The number of fused-ring (bicyclic) bond motifs is 1. The number of sulfone groups is 1. The lowest BCUT2D eigenvalue weighted by molar-refractivity contribution is 0.102. The van der Waals surface area contributed by atoms with Crippen LogP contribution in [-0.2, 0) is 16.4 Å². The molecule has 0 aliphatic carbocycles. The van der Waals surface area contributed by atoms with Crippen molar-refractivity contribution >= 4 is 27.1 Å². The molecule has 4 rings (SSSR count). The highest BCUT2D eigenvalue weighted by atomic mass is 32.2. The fourth-order valence-electron chi connectivity index (χ4n) is 3.47. The molecule has 3 N–H and O–H groups in total. The number of carbonyl (C=O) groups excluding carboxylic acids is 1. The van der Waals surface area contributed by atoms with Crippen molar-refractivity contribution in [1.29, 1.82) is 0 Å². The molecule has 0 bridgehead atoms. The number of benzene rings is 2. The van der Waals surface area contributed by atoms with Gasteiger partial charge in [0, 0.05) is 48.6 Å². The van der Waals surface area contributed by atoms with Gasteiger partial charge in [-0.1, -0.05) is 45.9 Å². The maximum absolute atomic E-state index is 12.9. The third-order valence-corrected chi connectivity index (χ3v) is 6.27. The predicted molar refractivity (Wildman–Crippen MR) is 150 cm³/mol. The Hall–Kier alpha value is -3.53. The number of nitrogens with one attached hydrogen (secondary N) is 2. The Bertz CT molecular complexity index is 1360. The van der Waals surface area contributed by atoms with E-state index in [0.717, 1.165) is 23.2 Å². The van der Waals surface area contributed by atoms with Crippen LogP contribution in [0.5, 0.6) is 0 Å². The Labute approximate surface area is 219 Å². The molecule has 9 heteroatoms. The number of nitrogens with zero attached hydrogens (tertiary/aromatic N) is 2. The van der Waals surface area contributed by atoms with Crippen LogP contribution in [0.4, 0.5) is 5.69 Å². The minimum absolute atomic E-state index is 0.0635. The van der Waals surface area contributed by atoms with Gasteiger partial charge < -0.3 is 20.1 Å².